The molecule has 134 valence electrons. The maximum atomic E-state index is 12.5. The molecule has 0 saturated heterocycles. The van der Waals surface area contributed by atoms with Crippen LogP contribution in [0.2, 0.25) is 5.02 Å². The molecule has 1 atom stereocenters. The maximum Gasteiger partial charge on any atom is 0.308 e. The molecule has 0 N–H and O–H groups in total. The quantitative estimate of drug-likeness (QED) is 0.431. The summed E-state index contributed by atoms with van der Waals surface area (Å²) in [4.78, 5) is 24.7. The van der Waals surface area contributed by atoms with E-state index in [1.807, 2.05) is 26.8 Å². The van der Waals surface area contributed by atoms with Gasteiger partial charge in [0.1, 0.15) is 0 Å². The normalized spacial score (nSPS) is 15.5. The molecule has 0 bridgehead atoms. The summed E-state index contributed by atoms with van der Waals surface area (Å²) in [6.45, 7) is 6.09. The number of carbonyl (C=O) groups excluding carboxylic acids is 2. The lowest BCUT2D eigenvalue weighted by Crippen LogP contribution is -2.34. The van der Waals surface area contributed by atoms with Gasteiger partial charge in [-0.1, -0.05) is 36.6 Å². The molecule has 1 heterocycles. The number of fused-ring (bicyclic) bond motifs is 1. The number of halogens is 1. The third kappa shape index (κ3) is 5.16. The topological polar surface area (TPSA) is 59.0 Å². The van der Waals surface area contributed by atoms with Gasteiger partial charge < -0.3 is 4.74 Å². The van der Waals surface area contributed by atoms with Crippen molar-refractivity contribution in [1.29, 1.82) is 0 Å². The second-order valence-electron chi connectivity index (χ2n) is 6.22. The first kappa shape index (κ1) is 19.2. The third-order valence-electron chi connectivity index (χ3n) is 3.78. The largest absolute Gasteiger partial charge is 0.466 e. The van der Waals surface area contributed by atoms with Crippen molar-refractivity contribution in [3.63, 3.8) is 0 Å². The van der Waals surface area contributed by atoms with Gasteiger partial charge in [0.05, 0.1) is 25.3 Å². The summed E-state index contributed by atoms with van der Waals surface area (Å²) in [6.07, 6.45) is 4.92. The number of carbonyl (C=O) groups is 2. The maximum absolute atomic E-state index is 12.5. The summed E-state index contributed by atoms with van der Waals surface area (Å²) in [6, 6.07) is 4.83. The molecular formula is C19H23ClN2O3. The molecule has 1 aromatic rings. The Morgan fingerprint density at radius 3 is 2.80 bits per heavy atom. The van der Waals surface area contributed by atoms with Crippen molar-refractivity contribution in [2.75, 3.05) is 6.61 Å². The number of unbranched alkanes of at least 4 members (excludes halogenated alkanes) is 1. The lowest BCUT2D eigenvalue weighted by atomic mass is 9.96. The van der Waals surface area contributed by atoms with Crippen molar-refractivity contribution >= 4 is 29.7 Å². The van der Waals surface area contributed by atoms with Crippen molar-refractivity contribution in [2.24, 2.45) is 5.10 Å². The molecule has 0 radical (unpaired) electrons. The molecule has 0 fully saturated rings. The van der Waals surface area contributed by atoms with Crippen molar-refractivity contribution in [3.8, 4) is 0 Å². The van der Waals surface area contributed by atoms with Crippen molar-refractivity contribution in [2.45, 2.75) is 46.1 Å². The van der Waals surface area contributed by atoms with Crippen LogP contribution in [-0.2, 0) is 14.3 Å². The molecule has 6 heteroatoms. The summed E-state index contributed by atoms with van der Waals surface area (Å²) in [5.41, 5.74) is 2.50. The minimum Gasteiger partial charge on any atom is -0.466 e. The van der Waals surface area contributed by atoms with Gasteiger partial charge in [-0.3, -0.25) is 9.59 Å². The van der Waals surface area contributed by atoms with Gasteiger partial charge in [0.15, 0.2) is 0 Å². The highest BCUT2D eigenvalue weighted by atomic mass is 35.5. The van der Waals surface area contributed by atoms with Gasteiger partial charge in [-0.2, -0.15) is 5.10 Å². The van der Waals surface area contributed by atoms with Crippen LogP contribution in [0.25, 0.3) is 0 Å². The predicted molar refractivity (Wildman–Crippen MR) is 98.5 cm³/mol. The Bertz CT molecular complexity index is 709. The molecule has 0 spiro atoms. The fraction of sp³-hybridized carbons (Fsp3) is 0.421. The van der Waals surface area contributed by atoms with E-state index >= 15 is 0 Å². The van der Waals surface area contributed by atoms with Crippen LogP contribution >= 0.6 is 11.6 Å². The molecule has 0 saturated carbocycles. The fourth-order valence-corrected chi connectivity index (χ4v) is 2.74. The van der Waals surface area contributed by atoms with Gasteiger partial charge in [0.25, 0.3) is 5.91 Å². The Morgan fingerprint density at radius 1 is 1.36 bits per heavy atom. The SMILES string of the molecule is CCCCOC(=O)CC1c2cc(Cl)ccc2C=NN1C(=O)C=C(C)C. The van der Waals surface area contributed by atoms with Gasteiger partial charge >= 0.3 is 5.97 Å². The molecule has 2 rings (SSSR count). The molecule has 0 aliphatic carbocycles. The van der Waals surface area contributed by atoms with Crippen LogP contribution in [-0.4, -0.2) is 29.7 Å². The molecule has 1 unspecified atom stereocenters. The second kappa shape index (κ2) is 8.81. The van der Waals surface area contributed by atoms with E-state index in [1.165, 1.54) is 11.1 Å². The zero-order valence-corrected chi connectivity index (χ0v) is 15.5. The molecule has 5 nitrogen and oxygen atoms in total. The number of ether oxygens (including phenoxy) is 1. The highest BCUT2D eigenvalue weighted by Crippen LogP contribution is 2.33. The second-order valence-corrected chi connectivity index (χ2v) is 6.65. The zero-order chi connectivity index (χ0) is 18.4. The van der Waals surface area contributed by atoms with Crippen LogP contribution in [0.5, 0.6) is 0 Å². The minimum atomic E-state index is -0.532. The van der Waals surface area contributed by atoms with Crippen molar-refractivity contribution < 1.29 is 14.3 Å². The number of hydrogen-bond acceptors (Lipinski definition) is 4. The number of allylic oxidation sites excluding steroid dienone is 1. The van der Waals surface area contributed by atoms with Gasteiger partial charge in [0, 0.05) is 11.1 Å². The number of benzene rings is 1. The van der Waals surface area contributed by atoms with E-state index in [9.17, 15) is 9.59 Å². The van der Waals surface area contributed by atoms with E-state index in [2.05, 4.69) is 5.10 Å². The summed E-state index contributed by atoms with van der Waals surface area (Å²) < 4.78 is 5.26. The van der Waals surface area contributed by atoms with E-state index in [4.69, 9.17) is 16.3 Å². The van der Waals surface area contributed by atoms with E-state index in [0.29, 0.717) is 11.6 Å². The van der Waals surface area contributed by atoms with E-state index in [0.717, 1.165) is 29.5 Å². The molecule has 1 aliphatic rings. The number of rotatable bonds is 6. The van der Waals surface area contributed by atoms with Gasteiger partial charge in [-0.05, 0) is 43.5 Å². The van der Waals surface area contributed by atoms with Crippen molar-refractivity contribution in [1.82, 2.24) is 5.01 Å². The van der Waals surface area contributed by atoms with Crippen LogP contribution < -0.4 is 0 Å². The molecular weight excluding hydrogens is 340 g/mol. The first-order chi connectivity index (χ1) is 11.9. The summed E-state index contributed by atoms with van der Waals surface area (Å²) in [7, 11) is 0. The Morgan fingerprint density at radius 2 is 2.12 bits per heavy atom. The molecule has 0 aromatic heterocycles. The summed E-state index contributed by atoms with van der Waals surface area (Å²) in [5.74, 6) is -0.621. The van der Waals surface area contributed by atoms with Gasteiger partial charge in [-0.25, -0.2) is 5.01 Å². The predicted octanol–water partition coefficient (Wildman–Crippen LogP) is 4.26. The Hall–Kier alpha value is -2.14. The number of esters is 1. The van der Waals surface area contributed by atoms with Crippen molar-refractivity contribution in [3.05, 3.63) is 46.0 Å². The third-order valence-corrected chi connectivity index (χ3v) is 4.02. The van der Waals surface area contributed by atoms with Gasteiger partial charge in [0.2, 0.25) is 0 Å². The monoisotopic (exact) mass is 362 g/mol. The molecule has 1 amide bonds. The van der Waals surface area contributed by atoms with Crippen LogP contribution in [0.3, 0.4) is 0 Å². The average molecular weight is 363 g/mol. The zero-order valence-electron chi connectivity index (χ0n) is 14.8. The van der Waals surface area contributed by atoms with E-state index in [-0.39, 0.29) is 18.3 Å². The van der Waals surface area contributed by atoms with Crippen LogP contribution in [0.4, 0.5) is 0 Å². The van der Waals surface area contributed by atoms with E-state index in [1.54, 1.807) is 18.3 Å². The average Bonchev–Trinajstić information content (AvgIpc) is 2.54. The summed E-state index contributed by atoms with van der Waals surface area (Å²) in [5, 5.41) is 6.12. The minimum absolute atomic E-state index is 0.0384. The highest BCUT2D eigenvalue weighted by Gasteiger charge is 2.31. The number of hydrazone groups is 1. The standard InChI is InChI=1S/C19H23ClN2O3/c1-4-5-8-25-19(24)11-17-16-10-15(20)7-6-14(16)12-21-22(17)18(23)9-13(2)3/h6-7,9-10,12,17H,4-5,8,11H2,1-3H3. The number of nitrogens with zero attached hydrogens (tertiary/aromatic N) is 2. The van der Waals surface area contributed by atoms with E-state index < -0.39 is 6.04 Å². The smallest absolute Gasteiger partial charge is 0.308 e. The number of amides is 1. The number of hydrogen-bond donors (Lipinski definition) is 0. The Balaban J connectivity index is 2.28. The molecule has 25 heavy (non-hydrogen) atoms. The first-order valence-corrected chi connectivity index (χ1v) is 8.77. The lowest BCUT2D eigenvalue weighted by molar-refractivity contribution is -0.146. The van der Waals surface area contributed by atoms with Gasteiger partial charge in [-0.15, -0.1) is 0 Å². The molecule has 1 aliphatic heterocycles. The summed E-state index contributed by atoms with van der Waals surface area (Å²) >= 11 is 6.12. The lowest BCUT2D eigenvalue weighted by Gasteiger charge is -2.30. The van der Waals surface area contributed by atoms with Crippen LogP contribution in [0.1, 0.15) is 57.2 Å². The molecule has 1 aromatic carbocycles. The Labute approximate surface area is 153 Å². The Kier molecular flexibility index (Phi) is 6.76. The van der Waals surface area contributed by atoms with Crippen LogP contribution in [0.15, 0.2) is 34.9 Å². The highest BCUT2D eigenvalue weighted by molar-refractivity contribution is 6.30. The van der Waals surface area contributed by atoms with Crippen LogP contribution in [0, 0.1) is 0 Å². The first-order valence-electron chi connectivity index (χ1n) is 8.39. The fourth-order valence-electron chi connectivity index (χ4n) is 2.56.